The number of rotatable bonds is 8. The van der Waals surface area contributed by atoms with Crippen LogP contribution in [-0.2, 0) is 12.1 Å². The molecule has 1 aromatic carbocycles. The van der Waals surface area contributed by atoms with E-state index in [2.05, 4.69) is 25.6 Å². The van der Waals surface area contributed by atoms with Crippen LogP contribution in [0.4, 0.5) is 10.8 Å². The highest BCUT2D eigenvalue weighted by atomic mass is 32.1. The molecule has 0 atom stereocenters. The zero-order valence-electron chi connectivity index (χ0n) is 20.3. The van der Waals surface area contributed by atoms with Crippen LogP contribution in [0.5, 0.6) is 0 Å². The van der Waals surface area contributed by atoms with Gasteiger partial charge in [0.2, 0.25) is 0 Å². The fourth-order valence-corrected chi connectivity index (χ4v) is 4.83. The van der Waals surface area contributed by atoms with Crippen LogP contribution in [-0.4, -0.2) is 36.0 Å². The summed E-state index contributed by atoms with van der Waals surface area (Å²) >= 11 is 1.44. The number of carbonyl (C=O) groups is 1. The molecule has 0 radical (unpaired) electrons. The molecule has 0 aliphatic heterocycles. The van der Waals surface area contributed by atoms with Crippen molar-refractivity contribution in [3.63, 3.8) is 0 Å². The molecule has 0 aliphatic rings. The van der Waals surface area contributed by atoms with Gasteiger partial charge in [0.05, 0.1) is 24.0 Å². The molecule has 0 spiro atoms. The summed E-state index contributed by atoms with van der Waals surface area (Å²) < 4.78 is 1.62. The molecule has 0 aliphatic carbocycles. The number of primary amides is 1. The predicted molar refractivity (Wildman–Crippen MR) is 143 cm³/mol. The van der Waals surface area contributed by atoms with Crippen LogP contribution in [0.25, 0.3) is 21.6 Å². The molecule has 37 heavy (non-hydrogen) atoms. The van der Waals surface area contributed by atoms with E-state index in [-0.39, 0.29) is 0 Å². The largest absolute Gasteiger partial charge is 0.384 e. The SMILES string of the molecule is CC(C)(O)c1cn(Cc2cccc(Nc3sc(-c4ccc(-c5ccncc5)cc4)cc3C(N)=O)n2)nn1. The molecule has 0 saturated heterocycles. The molecule has 5 aromatic rings. The van der Waals surface area contributed by atoms with E-state index in [1.165, 1.54) is 11.3 Å². The van der Waals surface area contributed by atoms with Gasteiger partial charge in [0, 0.05) is 17.3 Å². The zero-order valence-corrected chi connectivity index (χ0v) is 21.1. The molecular weight excluding hydrogens is 486 g/mol. The molecule has 1 amide bonds. The summed E-state index contributed by atoms with van der Waals surface area (Å²) in [6.45, 7) is 3.69. The fraction of sp³-hybridized carbons (Fsp3) is 0.148. The topological polar surface area (TPSA) is 132 Å². The van der Waals surface area contributed by atoms with Crippen molar-refractivity contribution in [2.24, 2.45) is 5.73 Å². The quantitative estimate of drug-likeness (QED) is 0.278. The molecule has 0 bridgehead atoms. The lowest BCUT2D eigenvalue weighted by molar-refractivity contribution is 0.0737. The molecule has 0 saturated carbocycles. The lowest BCUT2D eigenvalue weighted by Crippen LogP contribution is -2.15. The number of carbonyl (C=O) groups excluding carboxylic acids is 1. The summed E-state index contributed by atoms with van der Waals surface area (Å²) in [6.07, 6.45) is 5.22. The van der Waals surface area contributed by atoms with Crippen molar-refractivity contribution >= 4 is 28.1 Å². The number of hydrogen-bond donors (Lipinski definition) is 3. The van der Waals surface area contributed by atoms with Gasteiger partial charge in [-0.25, -0.2) is 9.67 Å². The summed E-state index contributed by atoms with van der Waals surface area (Å²) in [7, 11) is 0. The second-order valence-corrected chi connectivity index (χ2v) is 10.1. The van der Waals surface area contributed by atoms with Crippen molar-refractivity contribution in [2.75, 3.05) is 5.32 Å². The van der Waals surface area contributed by atoms with Gasteiger partial charge in [-0.15, -0.1) is 16.4 Å². The first-order valence-corrected chi connectivity index (χ1v) is 12.4. The third-order valence-electron chi connectivity index (χ3n) is 5.72. The normalized spacial score (nSPS) is 11.4. The number of nitrogens with zero attached hydrogens (tertiary/aromatic N) is 5. The van der Waals surface area contributed by atoms with Crippen molar-refractivity contribution in [1.82, 2.24) is 25.0 Å². The van der Waals surface area contributed by atoms with Gasteiger partial charge in [-0.05, 0) is 60.9 Å². The van der Waals surface area contributed by atoms with E-state index in [0.717, 1.165) is 27.3 Å². The van der Waals surface area contributed by atoms with E-state index in [9.17, 15) is 9.90 Å². The van der Waals surface area contributed by atoms with Gasteiger partial charge in [-0.1, -0.05) is 35.5 Å². The zero-order chi connectivity index (χ0) is 26.0. The minimum absolute atomic E-state index is 0.376. The van der Waals surface area contributed by atoms with Crippen molar-refractivity contribution in [1.29, 1.82) is 0 Å². The summed E-state index contributed by atoms with van der Waals surface area (Å²) in [5.41, 5.74) is 9.38. The van der Waals surface area contributed by atoms with Gasteiger partial charge < -0.3 is 16.2 Å². The lowest BCUT2D eigenvalue weighted by Gasteiger charge is -2.11. The smallest absolute Gasteiger partial charge is 0.251 e. The highest BCUT2D eigenvalue weighted by Gasteiger charge is 2.20. The average Bonchev–Trinajstić information content (AvgIpc) is 3.53. The third kappa shape index (κ3) is 5.55. The first kappa shape index (κ1) is 24.3. The Bertz CT molecular complexity index is 1540. The van der Waals surface area contributed by atoms with Gasteiger partial charge in [0.25, 0.3) is 5.91 Å². The molecule has 4 aromatic heterocycles. The van der Waals surface area contributed by atoms with E-state index < -0.39 is 11.5 Å². The summed E-state index contributed by atoms with van der Waals surface area (Å²) in [5.74, 6) is 0.0561. The van der Waals surface area contributed by atoms with Crippen LogP contribution < -0.4 is 11.1 Å². The monoisotopic (exact) mass is 511 g/mol. The molecule has 10 heteroatoms. The van der Waals surface area contributed by atoms with E-state index in [4.69, 9.17) is 5.73 Å². The number of anilines is 2. The number of amides is 1. The van der Waals surface area contributed by atoms with Crippen molar-refractivity contribution in [2.45, 2.75) is 26.0 Å². The summed E-state index contributed by atoms with van der Waals surface area (Å²) in [6, 6.07) is 19.4. The number of nitrogens with two attached hydrogens (primary N) is 1. The van der Waals surface area contributed by atoms with Crippen LogP contribution in [0.15, 0.2) is 79.3 Å². The van der Waals surface area contributed by atoms with E-state index in [1.54, 1.807) is 43.2 Å². The Morgan fingerprint density at radius 3 is 2.43 bits per heavy atom. The van der Waals surface area contributed by atoms with Gasteiger partial charge >= 0.3 is 0 Å². The Balaban J connectivity index is 1.37. The fourth-order valence-electron chi connectivity index (χ4n) is 3.76. The molecular formula is C27H25N7O2S. The summed E-state index contributed by atoms with van der Waals surface area (Å²) in [5, 5.41) is 22.1. The number of pyridine rings is 2. The number of nitrogens with one attached hydrogen (secondary N) is 1. The maximum atomic E-state index is 12.2. The van der Waals surface area contributed by atoms with Gasteiger partial charge in [-0.2, -0.15) is 0 Å². The third-order valence-corrected chi connectivity index (χ3v) is 6.82. The highest BCUT2D eigenvalue weighted by molar-refractivity contribution is 7.19. The number of thiophene rings is 1. The second-order valence-electron chi connectivity index (χ2n) is 9.03. The second kappa shape index (κ2) is 9.92. The van der Waals surface area contributed by atoms with Crippen molar-refractivity contribution in [3.05, 3.63) is 96.2 Å². The standard InChI is InChI=1S/C27H25N7O2S/c1-27(2,36)23-16-34(33-32-23)15-20-4-3-5-24(30-20)31-26-21(25(28)35)14-22(37-26)19-8-6-17(7-9-19)18-10-12-29-13-11-18/h3-14,16,36H,15H2,1-2H3,(H2,28,35)(H,30,31). The maximum absolute atomic E-state index is 12.2. The molecule has 9 nitrogen and oxygen atoms in total. The average molecular weight is 512 g/mol. The number of benzene rings is 1. The Kier molecular flexibility index (Phi) is 6.51. The molecule has 0 unspecified atom stereocenters. The highest BCUT2D eigenvalue weighted by Crippen LogP contribution is 2.37. The Morgan fingerprint density at radius 1 is 1.05 bits per heavy atom. The molecule has 186 valence electrons. The Labute approximate surface area is 217 Å². The number of aromatic nitrogens is 5. The van der Waals surface area contributed by atoms with Crippen LogP contribution in [0.2, 0.25) is 0 Å². The van der Waals surface area contributed by atoms with Gasteiger partial charge in [0.15, 0.2) is 0 Å². The van der Waals surface area contributed by atoms with E-state index in [1.807, 2.05) is 54.6 Å². The number of hydrogen-bond acceptors (Lipinski definition) is 8. The minimum Gasteiger partial charge on any atom is -0.384 e. The maximum Gasteiger partial charge on any atom is 0.251 e. The first-order valence-electron chi connectivity index (χ1n) is 11.6. The van der Waals surface area contributed by atoms with Crippen LogP contribution >= 0.6 is 11.3 Å². The molecule has 0 fully saturated rings. The van der Waals surface area contributed by atoms with Gasteiger partial charge in [-0.3, -0.25) is 9.78 Å². The first-order chi connectivity index (χ1) is 17.8. The molecule has 4 heterocycles. The van der Waals surface area contributed by atoms with Crippen LogP contribution in [0.1, 0.15) is 35.6 Å². The van der Waals surface area contributed by atoms with Gasteiger partial charge in [0.1, 0.15) is 22.1 Å². The van der Waals surface area contributed by atoms with Crippen molar-refractivity contribution in [3.8, 4) is 21.6 Å². The van der Waals surface area contributed by atoms with E-state index in [0.29, 0.717) is 28.6 Å². The van der Waals surface area contributed by atoms with E-state index >= 15 is 0 Å². The lowest BCUT2D eigenvalue weighted by atomic mass is 10.0. The Hall–Kier alpha value is -4.41. The molecule has 4 N–H and O–H groups in total. The molecule has 5 rings (SSSR count). The summed E-state index contributed by atoms with van der Waals surface area (Å²) in [4.78, 5) is 21.8. The van der Waals surface area contributed by atoms with Crippen LogP contribution in [0.3, 0.4) is 0 Å². The number of aliphatic hydroxyl groups is 1. The van der Waals surface area contributed by atoms with Crippen LogP contribution in [0, 0.1) is 0 Å². The minimum atomic E-state index is -1.07. The Morgan fingerprint density at radius 2 is 1.76 bits per heavy atom. The predicted octanol–water partition coefficient (Wildman–Crippen LogP) is 4.58. The van der Waals surface area contributed by atoms with Crippen molar-refractivity contribution < 1.29 is 9.90 Å².